The van der Waals surface area contributed by atoms with E-state index in [4.69, 9.17) is 0 Å². The predicted molar refractivity (Wildman–Crippen MR) is 71.3 cm³/mol. The molecule has 1 atom stereocenters. The number of hydrogen-bond acceptors (Lipinski definition) is 4. The van der Waals surface area contributed by atoms with E-state index in [1.807, 2.05) is 6.20 Å². The fraction of sp³-hybridized carbons (Fsp3) is 0.727. The monoisotopic (exact) mass is 260 g/mol. The third-order valence-corrected chi connectivity index (χ3v) is 3.85. The van der Waals surface area contributed by atoms with Crippen molar-refractivity contribution in [2.75, 3.05) is 18.6 Å². The van der Waals surface area contributed by atoms with Crippen LogP contribution < -0.4 is 5.32 Å². The van der Waals surface area contributed by atoms with Crippen LogP contribution in [0.2, 0.25) is 0 Å². The molecule has 1 N–H and O–H groups in total. The van der Waals surface area contributed by atoms with Gasteiger partial charge in [-0.15, -0.1) is 11.3 Å². The van der Waals surface area contributed by atoms with Crippen molar-refractivity contribution in [2.24, 2.45) is 5.92 Å². The van der Waals surface area contributed by atoms with Gasteiger partial charge in [0, 0.05) is 53.4 Å². The minimum absolute atomic E-state index is 0.662. The number of rotatable bonds is 7. The number of nitrogens with zero attached hydrogens (tertiary/aromatic N) is 1. The lowest BCUT2D eigenvalue weighted by Crippen LogP contribution is -2.19. The fourth-order valence-electron chi connectivity index (χ4n) is 1.30. The Bertz CT molecular complexity index is 336. The van der Waals surface area contributed by atoms with Crippen LogP contribution in [-0.4, -0.2) is 27.7 Å². The standard InChI is InChI=1S/C11H20N2OS2/c1-9(2)6-11-13-8-10(15-11)7-12-4-5-16(3)14/h8-9,12H,4-7H2,1-3H3. The largest absolute Gasteiger partial charge is 0.311 e. The summed E-state index contributed by atoms with van der Waals surface area (Å²) in [6.45, 7) is 6.05. The molecule has 0 fully saturated rings. The average molecular weight is 260 g/mol. The van der Waals surface area contributed by atoms with Crippen LogP contribution in [0, 0.1) is 5.92 Å². The van der Waals surface area contributed by atoms with Crippen LogP contribution in [0.25, 0.3) is 0 Å². The van der Waals surface area contributed by atoms with Crippen LogP contribution in [-0.2, 0) is 23.8 Å². The molecule has 0 aliphatic carbocycles. The first-order valence-corrected chi connectivity index (χ1v) is 8.06. The molecule has 0 aliphatic rings. The van der Waals surface area contributed by atoms with Crippen LogP contribution in [0.5, 0.6) is 0 Å². The second-order valence-corrected chi connectivity index (χ2v) is 7.03. The van der Waals surface area contributed by atoms with Crippen molar-refractivity contribution >= 4 is 22.1 Å². The van der Waals surface area contributed by atoms with Crippen LogP contribution in [0.3, 0.4) is 0 Å². The molecule has 3 nitrogen and oxygen atoms in total. The van der Waals surface area contributed by atoms with E-state index in [2.05, 4.69) is 24.1 Å². The van der Waals surface area contributed by atoms with Crippen molar-refractivity contribution in [3.8, 4) is 0 Å². The summed E-state index contributed by atoms with van der Waals surface area (Å²) < 4.78 is 10.8. The molecule has 0 aromatic carbocycles. The normalized spacial score (nSPS) is 13.2. The van der Waals surface area contributed by atoms with Gasteiger partial charge in [0.05, 0.1) is 5.01 Å². The minimum atomic E-state index is -0.701. The van der Waals surface area contributed by atoms with Gasteiger partial charge in [0.15, 0.2) is 0 Å². The Morgan fingerprint density at radius 1 is 1.56 bits per heavy atom. The second kappa shape index (κ2) is 7.14. The van der Waals surface area contributed by atoms with Crippen LogP contribution >= 0.6 is 11.3 Å². The summed E-state index contributed by atoms with van der Waals surface area (Å²) in [7, 11) is -0.701. The van der Waals surface area contributed by atoms with Crippen molar-refractivity contribution in [3.63, 3.8) is 0 Å². The first-order valence-electron chi connectivity index (χ1n) is 5.52. The van der Waals surface area contributed by atoms with Gasteiger partial charge in [-0.1, -0.05) is 13.8 Å². The number of thiazole rings is 1. The minimum Gasteiger partial charge on any atom is -0.311 e. The molecule has 5 heteroatoms. The SMILES string of the molecule is CC(C)Cc1ncc(CNCCS(C)=O)s1. The first kappa shape index (κ1) is 13.8. The van der Waals surface area contributed by atoms with Crippen molar-refractivity contribution in [3.05, 3.63) is 16.1 Å². The first-order chi connectivity index (χ1) is 7.58. The Morgan fingerprint density at radius 2 is 2.31 bits per heavy atom. The smallest absolute Gasteiger partial charge is 0.0930 e. The molecule has 0 radical (unpaired) electrons. The summed E-state index contributed by atoms with van der Waals surface area (Å²) in [5, 5.41) is 4.49. The lowest BCUT2D eigenvalue weighted by molar-refractivity contribution is 0.644. The van der Waals surface area contributed by atoms with Crippen LogP contribution in [0.1, 0.15) is 23.7 Å². The summed E-state index contributed by atoms with van der Waals surface area (Å²) in [4.78, 5) is 5.65. The second-order valence-electron chi connectivity index (χ2n) is 4.27. The molecule has 0 saturated carbocycles. The number of aromatic nitrogens is 1. The zero-order valence-corrected chi connectivity index (χ0v) is 11.8. The Balaban J connectivity index is 2.26. The molecule has 0 saturated heterocycles. The molecule has 16 heavy (non-hydrogen) atoms. The zero-order valence-electron chi connectivity index (χ0n) is 10.2. The van der Waals surface area contributed by atoms with Gasteiger partial charge in [-0.2, -0.15) is 0 Å². The molecule has 1 aromatic rings. The molecule has 0 spiro atoms. The molecule has 0 bridgehead atoms. The van der Waals surface area contributed by atoms with Gasteiger partial charge in [0.1, 0.15) is 0 Å². The molecule has 1 aromatic heterocycles. The maximum absolute atomic E-state index is 10.8. The average Bonchev–Trinajstić information content (AvgIpc) is 2.59. The highest BCUT2D eigenvalue weighted by Gasteiger charge is 2.03. The van der Waals surface area contributed by atoms with Gasteiger partial charge < -0.3 is 5.32 Å². The van der Waals surface area contributed by atoms with Gasteiger partial charge in [0.25, 0.3) is 0 Å². The van der Waals surface area contributed by atoms with E-state index < -0.39 is 10.8 Å². The zero-order chi connectivity index (χ0) is 12.0. The topological polar surface area (TPSA) is 42.0 Å². The molecule has 0 amide bonds. The Labute approximate surface area is 104 Å². The summed E-state index contributed by atoms with van der Waals surface area (Å²) >= 11 is 1.77. The van der Waals surface area contributed by atoms with Crippen LogP contribution in [0.15, 0.2) is 6.20 Å². The Kier molecular flexibility index (Phi) is 6.16. The maximum atomic E-state index is 10.8. The summed E-state index contributed by atoms with van der Waals surface area (Å²) in [6.07, 6.45) is 4.73. The molecule has 1 rings (SSSR count). The van der Waals surface area contributed by atoms with Gasteiger partial charge in [-0.25, -0.2) is 4.98 Å². The fourth-order valence-corrected chi connectivity index (χ4v) is 2.84. The van der Waals surface area contributed by atoms with Gasteiger partial charge in [0.2, 0.25) is 0 Å². The highest BCUT2D eigenvalue weighted by molar-refractivity contribution is 7.84. The molecule has 0 aliphatic heterocycles. The lowest BCUT2D eigenvalue weighted by atomic mass is 10.1. The van der Waals surface area contributed by atoms with Crippen molar-refractivity contribution in [2.45, 2.75) is 26.8 Å². The number of nitrogens with one attached hydrogen (secondary N) is 1. The third kappa shape index (κ3) is 5.72. The van der Waals surface area contributed by atoms with E-state index >= 15 is 0 Å². The van der Waals surface area contributed by atoms with Crippen molar-refractivity contribution < 1.29 is 4.21 Å². The van der Waals surface area contributed by atoms with E-state index in [-0.39, 0.29) is 0 Å². The van der Waals surface area contributed by atoms with E-state index in [0.29, 0.717) is 5.92 Å². The van der Waals surface area contributed by atoms with E-state index in [9.17, 15) is 4.21 Å². The lowest BCUT2D eigenvalue weighted by Gasteiger charge is -2.00. The molecule has 1 unspecified atom stereocenters. The van der Waals surface area contributed by atoms with E-state index in [1.165, 1.54) is 9.88 Å². The molecule has 1 heterocycles. The van der Waals surface area contributed by atoms with E-state index in [0.717, 1.165) is 25.3 Å². The summed E-state index contributed by atoms with van der Waals surface area (Å²) in [6, 6.07) is 0. The molecular weight excluding hydrogens is 240 g/mol. The van der Waals surface area contributed by atoms with E-state index in [1.54, 1.807) is 17.6 Å². The van der Waals surface area contributed by atoms with Gasteiger partial charge >= 0.3 is 0 Å². The quantitative estimate of drug-likeness (QED) is 0.760. The summed E-state index contributed by atoms with van der Waals surface area (Å²) in [5.74, 6) is 1.38. The predicted octanol–water partition coefficient (Wildman–Crippen LogP) is 1.81. The maximum Gasteiger partial charge on any atom is 0.0930 e. The highest BCUT2D eigenvalue weighted by atomic mass is 32.2. The third-order valence-electron chi connectivity index (χ3n) is 2.05. The highest BCUT2D eigenvalue weighted by Crippen LogP contribution is 2.16. The Morgan fingerprint density at radius 3 is 2.94 bits per heavy atom. The molecule has 92 valence electrons. The van der Waals surface area contributed by atoms with Crippen molar-refractivity contribution in [1.82, 2.24) is 10.3 Å². The molecular formula is C11H20N2OS2. The van der Waals surface area contributed by atoms with Gasteiger partial charge in [-0.05, 0) is 5.92 Å². The van der Waals surface area contributed by atoms with Crippen LogP contribution in [0.4, 0.5) is 0 Å². The van der Waals surface area contributed by atoms with Crippen molar-refractivity contribution in [1.29, 1.82) is 0 Å². The Hall–Kier alpha value is -0.260. The summed E-state index contributed by atoms with van der Waals surface area (Å²) in [5.41, 5.74) is 0. The number of hydrogen-bond donors (Lipinski definition) is 1. The van der Waals surface area contributed by atoms with Gasteiger partial charge in [-0.3, -0.25) is 4.21 Å².